The normalized spacial score (nSPS) is 22.3. The maximum absolute atomic E-state index is 13.2. The number of likely N-dealkylation sites (tertiary alicyclic amines) is 1. The zero-order valence-corrected chi connectivity index (χ0v) is 14.8. The highest BCUT2D eigenvalue weighted by Gasteiger charge is 2.39. The summed E-state index contributed by atoms with van der Waals surface area (Å²) in [6.07, 6.45) is 0.666. The third-order valence-corrected chi connectivity index (χ3v) is 4.98. The van der Waals surface area contributed by atoms with Gasteiger partial charge in [0.15, 0.2) is 0 Å². The average Bonchev–Trinajstić information content (AvgIpc) is 3.29. The van der Waals surface area contributed by atoms with Crippen LogP contribution in [0.5, 0.6) is 5.88 Å². The van der Waals surface area contributed by atoms with Crippen LogP contribution in [-0.4, -0.2) is 47.4 Å². The van der Waals surface area contributed by atoms with E-state index in [-0.39, 0.29) is 36.1 Å². The quantitative estimate of drug-likeness (QED) is 0.776. The van der Waals surface area contributed by atoms with Crippen LogP contribution in [0.4, 0.5) is 10.1 Å². The molecule has 2 amide bonds. The van der Waals surface area contributed by atoms with E-state index in [0.717, 1.165) is 5.69 Å². The fourth-order valence-corrected chi connectivity index (χ4v) is 3.64. The minimum Gasteiger partial charge on any atom is -0.472 e. The molecule has 0 N–H and O–H groups in total. The second-order valence-corrected chi connectivity index (χ2v) is 6.85. The van der Waals surface area contributed by atoms with Crippen molar-refractivity contribution in [1.29, 1.82) is 0 Å². The van der Waals surface area contributed by atoms with E-state index in [1.807, 2.05) is 30.3 Å². The molecule has 1 aromatic heterocycles. The monoisotopic (exact) mass is 369 g/mol. The number of nitrogens with zero attached hydrogens (tertiary/aromatic N) is 3. The smallest absolute Gasteiger partial charge is 0.228 e. The van der Waals surface area contributed by atoms with Gasteiger partial charge in [-0.05, 0) is 18.2 Å². The molecule has 1 aromatic carbocycles. The van der Waals surface area contributed by atoms with Gasteiger partial charge in [-0.2, -0.15) is 9.37 Å². The molecule has 0 spiro atoms. The van der Waals surface area contributed by atoms with Gasteiger partial charge >= 0.3 is 0 Å². The van der Waals surface area contributed by atoms with Crippen LogP contribution in [0.1, 0.15) is 12.8 Å². The number of carbonyl (C=O) groups excluding carboxylic acids is 2. The summed E-state index contributed by atoms with van der Waals surface area (Å²) in [6, 6.07) is 13.8. The van der Waals surface area contributed by atoms with Crippen molar-refractivity contribution in [2.45, 2.75) is 18.9 Å². The number of anilines is 1. The molecule has 2 atom stereocenters. The molecule has 2 fully saturated rings. The Balaban J connectivity index is 1.36. The van der Waals surface area contributed by atoms with Gasteiger partial charge in [-0.1, -0.05) is 24.3 Å². The molecule has 0 radical (unpaired) electrons. The minimum absolute atomic E-state index is 0.0277. The predicted molar refractivity (Wildman–Crippen MR) is 96.7 cm³/mol. The lowest BCUT2D eigenvalue weighted by Crippen LogP contribution is -2.37. The van der Waals surface area contributed by atoms with Gasteiger partial charge in [0.25, 0.3) is 0 Å². The number of para-hydroxylation sites is 1. The van der Waals surface area contributed by atoms with Crippen molar-refractivity contribution in [3.8, 4) is 5.88 Å². The molecule has 140 valence electrons. The third kappa shape index (κ3) is 3.77. The van der Waals surface area contributed by atoms with E-state index in [0.29, 0.717) is 26.1 Å². The van der Waals surface area contributed by atoms with Crippen LogP contribution in [0.2, 0.25) is 0 Å². The first kappa shape index (κ1) is 17.5. The molecular formula is C20H20FN3O3. The van der Waals surface area contributed by atoms with E-state index in [4.69, 9.17) is 4.74 Å². The summed E-state index contributed by atoms with van der Waals surface area (Å²) >= 11 is 0. The van der Waals surface area contributed by atoms with Crippen LogP contribution in [0.15, 0.2) is 48.5 Å². The van der Waals surface area contributed by atoms with E-state index in [9.17, 15) is 14.0 Å². The van der Waals surface area contributed by atoms with E-state index in [1.54, 1.807) is 15.9 Å². The maximum Gasteiger partial charge on any atom is 0.228 e. The van der Waals surface area contributed by atoms with Gasteiger partial charge in [-0.25, -0.2) is 0 Å². The molecular weight excluding hydrogens is 349 g/mol. The van der Waals surface area contributed by atoms with Gasteiger partial charge in [0.1, 0.15) is 6.10 Å². The molecule has 0 saturated carbocycles. The molecule has 27 heavy (non-hydrogen) atoms. The summed E-state index contributed by atoms with van der Waals surface area (Å²) in [5.41, 5.74) is 0.817. The number of hydrogen-bond donors (Lipinski definition) is 0. The average molecular weight is 369 g/mol. The molecule has 6 nitrogen and oxygen atoms in total. The number of rotatable bonds is 4. The van der Waals surface area contributed by atoms with Crippen LogP contribution >= 0.6 is 0 Å². The van der Waals surface area contributed by atoms with E-state index in [1.165, 1.54) is 12.1 Å². The summed E-state index contributed by atoms with van der Waals surface area (Å²) in [6.45, 7) is 1.39. The van der Waals surface area contributed by atoms with Crippen LogP contribution in [0.3, 0.4) is 0 Å². The van der Waals surface area contributed by atoms with Gasteiger partial charge in [0.2, 0.25) is 23.6 Å². The second kappa shape index (κ2) is 7.34. The first-order chi connectivity index (χ1) is 13.1. The second-order valence-electron chi connectivity index (χ2n) is 6.85. The third-order valence-electron chi connectivity index (χ3n) is 4.98. The topological polar surface area (TPSA) is 62.7 Å². The number of hydrogen-bond acceptors (Lipinski definition) is 4. The highest BCUT2D eigenvalue weighted by molar-refractivity contribution is 6.00. The molecule has 4 rings (SSSR count). The molecule has 0 bridgehead atoms. The number of benzene rings is 1. The van der Waals surface area contributed by atoms with E-state index in [2.05, 4.69) is 4.98 Å². The minimum atomic E-state index is -0.594. The van der Waals surface area contributed by atoms with Crippen molar-refractivity contribution in [1.82, 2.24) is 9.88 Å². The summed E-state index contributed by atoms with van der Waals surface area (Å²) in [5.74, 6) is -0.774. The molecule has 2 aromatic rings. The van der Waals surface area contributed by atoms with E-state index >= 15 is 0 Å². The van der Waals surface area contributed by atoms with Crippen molar-refractivity contribution in [2.75, 3.05) is 24.5 Å². The number of carbonyl (C=O) groups is 2. The summed E-state index contributed by atoms with van der Waals surface area (Å²) in [5, 5.41) is 0. The Hall–Kier alpha value is -2.96. The summed E-state index contributed by atoms with van der Waals surface area (Å²) in [4.78, 5) is 32.3. The molecule has 2 unspecified atom stereocenters. The first-order valence-corrected chi connectivity index (χ1v) is 9.03. The van der Waals surface area contributed by atoms with Gasteiger partial charge in [-0.15, -0.1) is 0 Å². The Morgan fingerprint density at radius 3 is 2.70 bits per heavy atom. The van der Waals surface area contributed by atoms with Gasteiger partial charge in [-0.3, -0.25) is 9.59 Å². The Morgan fingerprint density at radius 2 is 1.93 bits per heavy atom. The lowest BCUT2D eigenvalue weighted by Gasteiger charge is -2.21. The van der Waals surface area contributed by atoms with Crippen LogP contribution in [-0.2, 0) is 9.59 Å². The van der Waals surface area contributed by atoms with Crippen molar-refractivity contribution in [3.05, 3.63) is 54.5 Å². The first-order valence-electron chi connectivity index (χ1n) is 9.03. The van der Waals surface area contributed by atoms with Crippen molar-refractivity contribution >= 4 is 17.5 Å². The number of amides is 2. The highest BCUT2D eigenvalue weighted by atomic mass is 19.1. The fraction of sp³-hybridized carbons (Fsp3) is 0.350. The van der Waals surface area contributed by atoms with Gasteiger partial charge < -0.3 is 14.5 Å². The molecule has 3 heterocycles. The highest BCUT2D eigenvalue weighted by Crippen LogP contribution is 2.27. The fourth-order valence-electron chi connectivity index (χ4n) is 3.64. The molecule has 2 aliphatic rings. The predicted octanol–water partition coefficient (Wildman–Crippen LogP) is 2.25. The van der Waals surface area contributed by atoms with Crippen molar-refractivity contribution in [2.24, 2.45) is 5.92 Å². The number of aromatic nitrogens is 1. The zero-order valence-electron chi connectivity index (χ0n) is 14.8. The Labute approximate surface area is 156 Å². The van der Waals surface area contributed by atoms with Gasteiger partial charge in [0.05, 0.1) is 12.5 Å². The standard InChI is InChI=1S/C20H20FN3O3/c21-17-7-4-8-18(22-17)27-16-9-10-23(13-16)20(26)14-11-19(25)24(12-14)15-5-2-1-3-6-15/h1-8,14,16H,9-13H2. The Morgan fingerprint density at radius 1 is 1.11 bits per heavy atom. The number of pyridine rings is 1. The zero-order chi connectivity index (χ0) is 18.8. The molecule has 7 heteroatoms. The summed E-state index contributed by atoms with van der Waals surface area (Å²) in [7, 11) is 0. The van der Waals surface area contributed by atoms with Crippen LogP contribution in [0, 0.1) is 11.9 Å². The Kier molecular flexibility index (Phi) is 4.75. The van der Waals surface area contributed by atoms with Crippen LogP contribution in [0.25, 0.3) is 0 Å². The van der Waals surface area contributed by atoms with Crippen molar-refractivity contribution in [3.63, 3.8) is 0 Å². The molecule has 0 aliphatic carbocycles. The summed E-state index contributed by atoms with van der Waals surface area (Å²) < 4.78 is 18.9. The Bertz CT molecular complexity index is 845. The molecule has 2 saturated heterocycles. The lowest BCUT2D eigenvalue weighted by molar-refractivity contribution is -0.135. The SMILES string of the molecule is O=C(C1CC(=O)N(c2ccccc2)C1)N1CCC(Oc2cccc(F)n2)C1. The van der Waals surface area contributed by atoms with E-state index < -0.39 is 5.95 Å². The largest absolute Gasteiger partial charge is 0.472 e. The molecule has 2 aliphatic heterocycles. The number of halogens is 1. The van der Waals surface area contributed by atoms with Crippen LogP contribution < -0.4 is 9.64 Å². The maximum atomic E-state index is 13.2. The lowest BCUT2D eigenvalue weighted by atomic mass is 10.1. The number of ether oxygens (including phenoxy) is 1. The van der Waals surface area contributed by atoms with Gasteiger partial charge in [0, 0.05) is 37.7 Å². The van der Waals surface area contributed by atoms with Crippen molar-refractivity contribution < 1.29 is 18.7 Å².